The quantitative estimate of drug-likeness (QED) is 0.578. The van der Waals surface area contributed by atoms with E-state index >= 15 is 0 Å². The molecule has 0 bridgehead atoms. The molecule has 1 N–H and O–H groups in total. The number of fused-ring (bicyclic) bond motifs is 6. The van der Waals surface area contributed by atoms with Gasteiger partial charge in [-0.25, -0.2) is 0 Å². The number of ketones is 1. The summed E-state index contributed by atoms with van der Waals surface area (Å²) in [5.41, 5.74) is 7.10. The van der Waals surface area contributed by atoms with Gasteiger partial charge < -0.3 is 14.5 Å². The number of H-pyrrole nitrogens is 1. The van der Waals surface area contributed by atoms with E-state index < -0.39 is 0 Å². The van der Waals surface area contributed by atoms with Crippen molar-refractivity contribution in [3.63, 3.8) is 0 Å². The molecule has 2 aliphatic carbocycles. The zero-order valence-corrected chi connectivity index (χ0v) is 21.9. The van der Waals surface area contributed by atoms with Crippen molar-refractivity contribution in [2.24, 2.45) is 23.7 Å². The van der Waals surface area contributed by atoms with Crippen LogP contribution in [-0.2, 0) is 16.0 Å². The van der Waals surface area contributed by atoms with Crippen molar-refractivity contribution < 1.29 is 14.3 Å². The Morgan fingerprint density at radius 2 is 1.94 bits per heavy atom. The number of nitrogens with one attached hydrogen (secondary N) is 1. The van der Waals surface area contributed by atoms with Crippen LogP contribution in [0.3, 0.4) is 0 Å². The SMILES string of the molecule is CC(=O)C1CC1.COc1cc2c3c([nH]c2cc1C1CC1C)C1CC2C(C)=CO[C@@H](C)C2CN1CC3. The first kappa shape index (κ1) is 23.1. The number of carbonyl (C=O) groups excluding carboxylic acids is 1. The Morgan fingerprint density at radius 1 is 1.17 bits per heavy atom. The number of rotatable bonds is 3. The van der Waals surface area contributed by atoms with Crippen LogP contribution in [0, 0.1) is 23.7 Å². The first-order valence-corrected chi connectivity index (χ1v) is 13.6. The molecule has 3 aliphatic heterocycles. The highest BCUT2D eigenvalue weighted by Crippen LogP contribution is 2.52. The summed E-state index contributed by atoms with van der Waals surface area (Å²) in [7, 11) is 1.82. The van der Waals surface area contributed by atoms with Gasteiger partial charge in [-0.3, -0.25) is 9.69 Å². The maximum Gasteiger partial charge on any atom is 0.132 e. The van der Waals surface area contributed by atoms with Crippen molar-refractivity contribution in [2.45, 2.75) is 77.9 Å². The Labute approximate surface area is 209 Å². The van der Waals surface area contributed by atoms with Crippen LogP contribution in [0.5, 0.6) is 5.75 Å². The van der Waals surface area contributed by atoms with Gasteiger partial charge in [-0.2, -0.15) is 0 Å². The van der Waals surface area contributed by atoms with Gasteiger partial charge in [0.2, 0.25) is 0 Å². The molecule has 5 nitrogen and oxygen atoms in total. The lowest BCUT2D eigenvalue weighted by molar-refractivity contribution is -0.118. The predicted octanol–water partition coefficient (Wildman–Crippen LogP) is 6.14. The Hall–Kier alpha value is -2.27. The van der Waals surface area contributed by atoms with E-state index in [1.165, 1.54) is 46.1 Å². The maximum atomic E-state index is 10.2. The summed E-state index contributed by atoms with van der Waals surface area (Å²) in [6, 6.07) is 5.20. The molecule has 2 saturated carbocycles. The normalized spacial score (nSPS) is 33.3. The first-order valence-electron chi connectivity index (χ1n) is 13.6. The van der Waals surface area contributed by atoms with E-state index in [9.17, 15) is 4.79 Å². The van der Waals surface area contributed by atoms with Crippen LogP contribution in [-0.4, -0.2) is 42.0 Å². The van der Waals surface area contributed by atoms with Crippen molar-refractivity contribution in [1.29, 1.82) is 0 Å². The van der Waals surface area contributed by atoms with Gasteiger partial charge >= 0.3 is 0 Å². The summed E-state index contributed by atoms with van der Waals surface area (Å²) in [5.74, 6) is 4.61. The summed E-state index contributed by atoms with van der Waals surface area (Å²) < 4.78 is 11.7. The number of aromatic amines is 1. The van der Waals surface area contributed by atoms with Crippen LogP contribution >= 0.6 is 0 Å². The summed E-state index contributed by atoms with van der Waals surface area (Å²) in [6.45, 7) is 10.8. The van der Waals surface area contributed by atoms with Gasteiger partial charge in [0.1, 0.15) is 11.5 Å². The molecule has 2 aromatic rings. The summed E-state index contributed by atoms with van der Waals surface area (Å²) in [5, 5.41) is 1.38. The summed E-state index contributed by atoms with van der Waals surface area (Å²) in [4.78, 5) is 16.8. The van der Waals surface area contributed by atoms with Crippen LogP contribution in [0.25, 0.3) is 10.9 Å². The van der Waals surface area contributed by atoms with Gasteiger partial charge in [0.05, 0.1) is 25.5 Å². The van der Waals surface area contributed by atoms with Crippen LogP contribution in [0.2, 0.25) is 0 Å². The van der Waals surface area contributed by atoms with E-state index in [-0.39, 0.29) is 0 Å². The third-order valence-corrected chi connectivity index (χ3v) is 9.47. The topological polar surface area (TPSA) is 54.6 Å². The predicted molar refractivity (Wildman–Crippen MR) is 139 cm³/mol. The number of allylic oxidation sites excluding steroid dienone is 1. The smallest absolute Gasteiger partial charge is 0.132 e. The molecular weight excluding hydrogens is 436 g/mol. The number of methoxy groups -OCH3 is 1. The molecule has 0 radical (unpaired) electrons. The van der Waals surface area contributed by atoms with E-state index in [1.807, 2.05) is 13.4 Å². The maximum absolute atomic E-state index is 10.2. The number of carbonyl (C=O) groups is 1. The molecule has 5 heteroatoms. The van der Waals surface area contributed by atoms with Crippen molar-refractivity contribution in [1.82, 2.24) is 9.88 Å². The highest BCUT2D eigenvalue weighted by molar-refractivity contribution is 5.88. The number of Topliss-reactive ketones (excluding diaryl/α,β-unsaturated/α-hetero) is 1. The average Bonchev–Trinajstić information content (AvgIpc) is 3.78. The molecule has 35 heavy (non-hydrogen) atoms. The summed E-state index contributed by atoms with van der Waals surface area (Å²) in [6.07, 6.45) is 8.24. The molecule has 1 aromatic carbocycles. The zero-order valence-electron chi connectivity index (χ0n) is 21.9. The van der Waals surface area contributed by atoms with E-state index in [1.54, 1.807) is 6.92 Å². The molecule has 5 aliphatic rings. The minimum atomic E-state index is 0.320. The number of benzene rings is 1. The highest BCUT2D eigenvalue weighted by atomic mass is 16.5. The minimum Gasteiger partial charge on any atom is -0.498 e. The van der Waals surface area contributed by atoms with Gasteiger partial charge in [0, 0.05) is 41.5 Å². The standard InChI is InChI=1S/C25H32N2O2.C5H8O/c1-13-7-17(13)20-8-22-19(10-24(20)28-4)16-5-6-27-11-21-15(3)29-12-14(2)18(21)9-23(27)25(16)26-22;1-4(6)5-2-3-5/h8,10,12-13,15,17-18,21,23,26H,5-7,9,11H2,1-4H3;5H,2-3H2,1H3/t13?,15-,17?,18?,21?,23?;/m0./s1. The number of nitrogens with zero attached hydrogens (tertiary/aromatic N) is 1. The fourth-order valence-corrected chi connectivity index (χ4v) is 6.88. The Bertz CT molecular complexity index is 1180. The fourth-order valence-electron chi connectivity index (χ4n) is 6.88. The van der Waals surface area contributed by atoms with Gasteiger partial charge in [-0.1, -0.05) is 6.92 Å². The highest BCUT2D eigenvalue weighted by Gasteiger charge is 2.44. The number of aromatic nitrogens is 1. The molecule has 0 amide bonds. The molecule has 0 spiro atoms. The van der Waals surface area contributed by atoms with Gasteiger partial charge in [-0.05, 0) is 99.5 Å². The number of ether oxygens (including phenoxy) is 2. The molecule has 188 valence electrons. The van der Waals surface area contributed by atoms with Crippen LogP contribution in [0.15, 0.2) is 24.0 Å². The number of hydrogen-bond acceptors (Lipinski definition) is 4. The van der Waals surface area contributed by atoms with Crippen molar-refractivity contribution in [3.05, 3.63) is 40.8 Å². The van der Waals surface area contributed by atoms with Crippen molar-refractivity contribution in [2.75, 3.05) is 20.2 Å². The minimum absolute atomic E-state index is 0.320. The third kappa shape index (κ3) is 4.10. The molecule has 6 atom stereocenters. The second kappa shape index (κ2) is 8.69. The second-order valence-corrected chi connectivity index (χ2v) is 11.8. The molecular formula is C30H40N2O3. The largest absolute Gasteiger partial charge is 0.498 e. The van der Waals surface area contributed by atoms with Crippen molar-refractivity contribution >= 4 is 16.7 Å². The van der Waals surface area contributed by atoms with Crippen LogP contribution in [0.4, 0.5) is 0 Å². The molecule has 7 rings (SSSR count). The molecule has 1 aromatic heterocycles. The van der Waals surface area contributed by atoms with E-state index in [0.29, 0.717) is 41.6 Å². The lowest BCUT2D eigenvalue weighted by Gasteiger charge is -2.49. The Balaban J connectivity index is 0.000000336. The third-order valence-electron chi connectivity index (χ3n) is 9.47. The Morgan fingerprint density at radius 3 is 2.57 bits per heavy atom. The number of hydrogen-bond donors (Lipinski definition) is 1. The van der Waals surface area contributed by atoms with Crippen LogP contribution in [0.1, 0.15) is 82.2 Å². The van der Waals surface area contributed by atoms with Crippen LogP contribution < -0.4 is 4.74 Å². The lowest BCUT2D eigenvalue weighted by Crippen LogP contribution is -2.50. The first-order chi connectivity index (χ1) is 16.9. The second-order valence-electron chi connectivity index (χ2n) is 11.8. The Kier molecular flexibility index (Phi) is 5.75. The van der Waals surface area contributed by atoms with Gasteiger partial charge in [-0.15, -0.1) is 0 Å². The lowest BCUT2D eigenvalue weighted by atomic mass is 9.72. The van der Waals surface area contributed by atoms with Crippen molar-refractivity contribution in [3.8, 4) is 5.75 Å². The average molecular weight is 477 g/mol. The van der Waals surface area contributed by atoms with E-state index in [4.69, 9.17) is 9.47 Å². The van der Waals surface area contributed by atoms with E-state index in [2.05, 4.69) is 42.8 Å². The number of piperidine rings is 1. The monoisotopic (exact) mass is 476 g/mol. The molecule has 4 heterocycles. The fraction of sp³-hybridized carbons (Fsp3) is 0.633. The molecule has 5 unspecified atom stereocenters. The molecule has 3 fully saturated rings. The van der Waals surface area contributed by atoms with Gasteiger partial charge in [0.15, 0.2) is 0 Å². The zero-order chi connectivity index (χ0) is 24.4. The summed E-state index contributed by atoms with van der Waals surface area (Å²) >= 11 is 0. The molecule has 1 saturated heterocycles. The van der Waals surface area contributed by atoms with E-state index in [0.717, 1.165) is 44.0 Å². The van der Waals surface area contributed by atoms with Gasteiger partial charge in [0.25, 0.3) is 0 Å².